The quantitative estimate of drug-likeness (QED) is 0.720. The minimum atomic E-state index is -1.47. The van der Waals surface area contributed by atoms with E-state index in [2.05, 4.69) is 5.32 Å². The van der Waals surface area contributed by atoms with Crippen molar-refractivity contribution in [1.29, 1.82) is 0 Å². The number of halogens is 1. The van der Waals surface area contributed by atoms with Crippen LogP contribution in [0, 0.1) is 13.8 Å². The van der Waals surface area contributed by atoms with Gasteiger partial charge in [0, 0.05) is 6.42 Å². The molecule has 0 saturated carbocycles. The Hall–Kier alpha value is -2.11. The number of aliphatic carboxylic acids is 1. The molecule has 116 valence electrons. The zero-order valence-electron chi connectivity index (χ0n) is 12.2. The van der Waals surface area contributed by atoms with Crippen LogP contribution in [0.5, 0.6) is 5.75 Å². The monoisotopic (exact) mass is 297 g/mol. The molecule has 1 rings (SSSR count). The summed E-state index contributed by atoms with van der Waals surface area (Å²) in [6.07, 6.45) is 0.520. The molecule has 5 nitrogen and oxygen atoms in total. The summed E-state index contributed by atoms with van der Waals surface area (Å²) in [5.41, 5.74) is 2.30. The van der Waals surface area contributed by atoms with E-state index in [1.807, 2.05) is 32.0 Å². The summed E-state index contributed by atoms with van der Waals surface area (Å²) < 4.78 is 17.8. The molecule has 1 unspecified atom stereocenters. The van der Waals surface area contributed by atoms with E-state index in [1.54, 1.807) is 0 Å². The molecule has 2 N–H and O–H groups in total. The van der Waals surface area contributed by atoms with Crippen molar-refractivity contribution in [3.63, 3.8) is 0 Å². The van der Waals surface area contributed by atoms with Crippen molar-refractivity contribution in [2.45, 2.75) is 32.7 Å². The minimum absolute atomic E-state index is 0.0919. The second kappa shape index (κ2) is 8.24. The Morgan fingerprint density at radius 2 is 2.05 bits per heavy atom. The molecular weight excluding hydrogens is 277 g/mol. The average Bonchev–Trinajstić information content (AvgIpc) is 2.44. The molecule has 0 saturated heterocycles. The third-order valence-electron chi connectivity index (χ3n) is 3.08. The number of ether oxygens (including phenoxy) is 1. The van der Waals surface area contributed by atoms with Crippen LogP contribution in [0.15, 0.2) is 18.2 Å². The van der Waals surface area contributed by atoms with Gasteiger partial charge in [-0.1, -0.05) is 6.07 Å². The molecule has 1 atom stereocenters. The maximum Gasteiger partial charge on any atom is 0.328 e. The zero-order valence-corrected chi connectivity index (χ0v) is 12.2. The lowest BCUT2D eigenvalue weighted by Crippen LogP contribution is -2.42. The lowest BCUT2D eigenvalue weighted by molar-refractivity contribution is -0.142. The van der Waals surface area contributed by atoms with Gasteiger partial charge in [-0.15, -0.1) is 0 Å². The normalized spacial score (nSPS) is 11.8. The van der Waals surface area contributed by atoms with E-state index in [9.17, 15) is 14.0 Å². The van der Waals surface area contributed by atoms with Crippen LogP contribution < -0.4 is 10.1 Å². The number of alkyl halides is 1. The van der Waals surface area contributed by atoms with Crippen molar-refractivity contribution >= 4 is 11.9 Å². The maximum absolute atomic E-state index is 12.3. The molecule has 0 radical (unpaired) electrons. The standard InChI is InChI=1S/C15H20FNO4/c1-10-5-6-12(8-11(10)2)21-7-3-4-14(18)17-13(9-16)15(19)20/h5-6,8,13H,3-4,7,9H2,1-2H3,(H,17,18)(H,19,20). The first kappa shape index (κ1) is 16.9. The van der Waals surface area contributed by atoms with E-state index >= 15 is 0 Å². The number of carbonyl (C=O) groups is 2. The molecule has 1 aromatic carbocycles. The highest BCUT2D eigenvalue weighted by Crippen LogP contribution is 2.16. The van der Waals surface area contributed by atoms with Crippen LogP contribution in [-0.2, 0) is 9.59 Å². The number of amides is 1. The number of nitrogens with one attached hydrogen (secondary N) is 1. The fourth-order valence-electron chi connectivity index (χ4n) is 1.66. The number of carboxylic acid groups (broad SMARTS) is 1. The Morgan fingerprint density at radius 1 is 1.33 bits per heavy atom. The predicted molar refractivity (Wildman–Crippen MR) is 76.2 cm³/mol. The van der Waals surface area contributed by atoms with Gasteiger partial charge in [0.05, 0.1) is 6.61 Å². The molecular formula is C15H20FNO4. The zero-order chi connectivity index (χ0) is 15.8. The van der Waals surface area contributed by atoms with Gasteiger partial charge in [0.15, 0.2) is 6.04 Å². The van der Waals surface area contributed by atoms with Crippen molar-refractivity contribution in [1.82, 2.24) is 5.32 Å². The molecule has 0 aliphatic heterocycles. The SMILES string of the molecule is Cc1ccc(OCCCC(=O)NC(CF)C(=O)O)cc1C. The molecule has 0 fully saturated rings. The summed E-state index contributed by atoms with van der Waals surface area (Å²) in [5, 5.41) is 10.7. The van der Waals surface area contributed by atoms with Gasteiger partial charge < -0.3 is 15.2 Å². The molecule has 0 aromatic heterocycles. The highest BCUT2D eigenvalue weighted by molar-refractivity contribution is 5.83. The number of hydrogen-bond donors (Lipinski definition) is 2. The highest BCUT2D eigenvalue weighted by atomic mass is 19.1. The number of aryl methyl sites for hydroxylation is 2. The van der Waals surface area contributed by atoms with Crippen LogP contribution in [0.1, 0.15) is 24.0 Å². The van der Waals surface area contributed by atoms with Gasteiger partial charge >= 0.3 is 5.97 Å². The van der Waals surface area contributed by atoms with Gasteiger partial charge in [0.25, 0.3) is 0 Å². The number of rotatable bonds is 8. The molecule has 1 amide bonds. The molecule has 21 heavy (non-hydrogen) atoms. The van der Waals surface area contributed by atoms with E-state index in [0.717, 1.165) is 11.3 Å². The first-order valence-corrected chi connectivity index (χ1v) is 6.72. The van der Waals surface area contributed by atoms with E-state index in [1.165, 1.54) is 5.56 Å². The number of carbonyl (C=O) groups excluding carboxylic acids is 1. The fraction of sp³-hybridized carbons (Fsp3) is 0.467. The van der Waals surface area contributed by atoms with Crippen molar-refractivity contribution in [2.75, 3.05) is 13.3 Å². The maximum atomic E-state index is 12.3. The molecule has 0 heterocycles. The summed E-state index contributed by atoms with van der Waals surface area (Å²) in [6.45, 7) is 3.20. The number of carboxylic acids is 1. The summed E-state index contributed by atoms with van der Waals surface area (Å²) in [5.74, 6) is -1.15. The summed E-state index contributed by atoms with van der Waals surface area (Å²) in [4.78, 5) is 22.0. The van der Waals surface area contributed by atoms with Crippen LogP contribution in [0.25, 0.3) is 0 Å². The van der Waals surface area contributed by atoms with E-state index in [-0.39, 0.29) is 6.42 Å². The van der Waals surface area contributed by atoms with E-state index in [4.69, 9.17) is 9.84 Å². The molecule has 0 aliphatic carbocycles. The second-order valence-electron chi connectivity index (χ2n) is 4.81. The molecule has 0 spiro atoms. The van der Waals surface area contributed by atoms with E-state index < -0.39 is 24.6 Å². The summed E-state index contributed by atoms with van der Waals surface area (Å²) >= 11 is 0. The Bertz CT molecular complexity index is 504. The Balaban J connectivity index is 2.28. The summed E-state index contributed by atoms with van der Waals surface area (Å²) in [7, 11) is 0. The Labute approximate surface area is 123 Å². The minimum Gasteiger partial charge on any atom is -0.494 e. The van der Waals surface area contributed by atoms with Gasteiger partial charge in [-0.2, -0.15) is 0 Å². The Morgan fingerprint density at radius 3 is 2.62 bits per heavy atom. The van der Waals surface area contributed by atoms with Crippen molar-refractivity contribution in [2.24, 2.45) is 0 Å². The van der Waals surface area contributed by atoms with Gasteiger partial charge in [-0.3, -0.25) is 4.79 Å². The fourth-order valence-corrected chi connectivity index (χ4v) is 1.66. The largest absolute Gasteiger partial charge is 0.494 e. The topological polar surface area (TPSA) is 75.6 Å². The third kappa shape index (κ3) is 5.81. The summed E-state index contributed by atoms with van der Waals surface area (Å²) in [6, 6.07) is 4.25. The van der Waals surface area contributed by atoms with Crippen molar-refractivity contribution in [3.05, 3.63) is 29.3 Å². The average molecular weight is 297 g/mol. The van der Waals surface area contributed by atoms with Crippen LogP contribution in [0.3, 0.4) is 0 Å². The molecule has 6 heteroatoms. The van der Waals surface area contributed by atoms with Crippen LogP contribution in [-0.4, -0.2) is 36.3 Å². The lowest BCUT2D eigenvalue weighted by Gasteiger charge is -2.11. The van der Waals surface area contributed by atoms with Gasteiger partial charge in [0.2, 0.25) is 5.91 Å². The van der Waals surface area contributed by atoms with Gasteiger partial charge in [0.1, 0.15) is 12.4 Å². The molecule has 0 bridgehead atoms. The molecule has 1 aromatic rings. The highest BCUT2D eigenvalue weighted by Gasteiger charge is 2.18. The van der Waals surface area contributed by atoms with E-state index in [0.29, 0.717) is 13.0 Å². The van der Waals surface area contributed by atoms with Gasteiger partial charge in [-0.05, 0) is 43.5 Å². The Kier molecular flexibility index (Phi) is 6.65. The second-order valence-corrected chi connectivity index (χ2v) is 4.81. The predicted octanol–water partition coefficient (Wildman–Crippen LogP) is 2.00. The number of hydrogen-bond acceptors (Lipinski definition) is 3. The van der Waals surface area contributed by atoms with Crippen molar-refractivity contribution in [3.8, 4) is 5.75 Å². The first-order chi connectivity index (χ1) is 9.93. The number of benzene rings is 1. The van der Waals surface area contributed by atoms with Crippen molar-refractivity contribution < 1.29 is 23.8 Å². The van der Waals surface area contributed by atoms with Crippen LogP contribution >= 0.6 is 0 Å². The smallest absolute Gasteiger partial charge is 0.328 e. The van der Waals surface area contributed by atoms with Gasteiger partial charge in [-0.25, -0.2) is 9.18 Å². The third-order valence-corrected chi connectivity index (χ3v) is 3.08. The molecule has 0 aliphatic rings. The lowest BCUT2D eigenvalue weighted by atomic mass is 10.1. The van der Waals surface area contributed by atoms with Crippen LogP contribution in [0.2, 0.25) is 0 Å². The van der Waals surface area contributed by atoms with Crippen LogP contribution in [0.4, 0.5) is 4.39 Å². The first-order valence-electron chi connectivity index (χ1n) is 6.72.